The van der Waals surface area contributed by atoms with Crippen molar-refractivity contribution in [2.24, 2.45) is 0 Å². The number of benzene rings is 1. The monoisotopic (exact) mass is 284 g/mol. The Morgan fingerprint density at radius 2 is 2.14 bits per heavy atom. The minimum atomic E-state index is 0.864. The average molecular weight is 284 g/mol. The molecular weight excluding hydrogens is 260 g/mol. The zero-order valence-electron chi connectivity index (χ0n) is 12.8. The molecule has 2 heterocycles. The Morgan fingerprint density at radius 3 is 3.05 bits per heavy atom. The smallest absolute Gasteiger partial charge is 0.123 e. The van der Waals surface area contributed by atoms with E-state index in [9.17, 15) is 0 Å². The Morgan fingerprint density at radius 1 is 1.24 bits per heavy atom. The minimum absolute atomic E-state index is 0.864. The number of anilines is 1. The quantitative estimate of drug-likeness (QED) is 0.907. The van der Waals surface area contributed by atoms with Crippen LogP contribution in [0.3, 0.4) is 0 Å². The van der Waals surface area contributed by atoms with E-state index in [-0.39, 0.29) is 0 Å². The second-order valence-corrected chi connectivity index (χ2v) is 5.71. The number of hydrogen-bond acceptors (Lipinski definition) is 3. The lowest BCUT2D eigenvalue weighted by atomic mass is 10.1. The van der Waals surface area contributed by atoms with Gasteiger partial charge in [-0.1, -0.05) is 25.1 Å². The highest BCUT2D eigenvalue weighted by Crippen LogP contribution is 2.27. The molecule has 0 spiro atoms. The molecular formula is C18H24N2O. The normalized spacial score (nSPS) is 14.8. The largest absolute Gasteiger partial charge is 0.467 e. The molecule has 3 rings (SSSR count). The third-order valence-corrected chi connectivity index (χ3v) is 4.09. The fraction of sp³-hybridized carbons (Fsp3) is 0.444. The lowest BCUT2D eigenvalue weighted by molar-refractivity contribution is 0.498. The van der Waals surface area contributed by atoms with Crippen LogP contribution in [0.4, 0.5) is 5.69 Å². The highest BCUT2D eigenvalue weighted by Gasteiger charge is 2.16. The van der Waals surface area contributed by atoms with Gasteiger partial charge in [-0.05, 0) is 43.5 Å². The number of fused-ring (bicyclic) bond motifs is 1. The molecule has 112 valence electrons. The Labute approximate surface area is 127 Å². The molecule has 2 aromatic rings. The van der Waals surface area contributed by atoms with Gasteiger partial charge in [-0.25, -0.2) is 0 Å². The molecule has 0 amide bonds. The molecule has 1 N–H and O–H groups in total. The first-order valence-corrected chi connectivity index (χ1v) is 7.96. The summed E-state index contributed by atoms with van der Waals surface area (Å²) in [6, 6.07) is 10.9. The van der Waals surface area contributed by atoms with Crippen molar-refractivity contribution in [3.8, 4) is 0 Å². The van der Waals surface area contributed by atoms with Gasteiger partial charge in [0.05, 0.1) is 12.8 Å². The molecule has 0 bridgehead atoms. The van der Waals surface area contributed by atoms with Gasteiger partial charge in [0.25, 0.3) is 0 Å². The predicted molar refractivity (Wildman–Crippen MR) is 86.5 cm³/mol. The summed E-state index contributed by atoms with van der Waals surface area (Å²) < 4.78 is 5.74. The van der Waals surface area contributed by atoms with E-state index in [1.807, 2.05) is 6.26 Å². The first kappa shape index (κ1) is 14.2. The molecule has 1 aliphatic rings. The van der Waals surface area contributed by atoms with Crippen LogP contribution in [0.25, 0.3) is 0 Å². The Kier molecular flexibility index (Phi) is 4.61. The summed E-state index contributed by atoms with van der Waals surface area (Å²) in [7, 11) is 0. The van der Waals surface area contributed by atoms with Gasteiger partial charge >= 0.3 is 0 Å². The Hall–Kier alpha value is -1.74. The summed E-state index contributed by atoms with van der Waals surface area (Å²) in [5.74, 6) is 1.06. The molecule has 1 aliphatic heterocycles. The molecule has 3 heteroatoms. The minimum Gasteiger partial charge on any atom is -0.467 e. The van der Waals surface area contributed by atoms with E-state index in [0.717, 1.165) is 31.9 Å². The number of hydrogen-bond donors (Lipinski definition) is 1. The summed E-state index contributed by atoms with van der Waals surface area (Å²) in [5, 5.41) is 3.33. The van der Waals surface area contributed by atoms with Gasteiger partial charge in [0.15, 0.2) is 0 Å². The number of para-hydroxylation sites is 1. The summed E-state index contributed by atoms with van der Waals surface area (Å²) in [6.45, 7) is 5.97. The maximum atomic E-state index is 5.74. The van der Waals surface area contributed by atoms with E-state index in [0.29, 0.717) is 0 Å². The van der Waals surface area contributed by atoms with Crippen molar-refractivity contribution in [2.45, 2.75) is 39.3 Å². The van der Waals surface area contributed by atoms with Crippen LogP contribution in [0, 0.1) is 0 Å². The van der Waals surface area contributed by atoms with Crippen molar-refractivity contribution in [1.82, 2.24) is 5.32 Å². The number of nitrogens with one attached hydrogen (secondary N) is 1. The van der Waals surface area contributed by atoms with Crippen LogP contribution < -0.4 is 10.2 Å². The van der Waals surface area contributed by atoms with Crippen molar-refractivity contribution in [2.75, 3.05) is 18.0 Å². The lowest BCUT2D eigenvalue weighted by Crippen LogP contribution is -2.23. The molecule has 0 saturated heterocycles. The molecule has 1 aromatic heterocycles. The Bertz CT molecular complexity index is 576. The predicted octanol–water partition coefficient (Wildman–Crippen LogP) is 3.73. The van der Waals surface area contributed by atoms with Gasteiger partial charge in [-0.15, -0.1) is 0 Å². The first-order valence-electron chi connectivity index (χ1n) is 7.96. The van der Waals surface area contributed by atoms with Crippen molar-refractivity contribution < 1.29 is 4.42 Å². The van der Waals surface area contributed by atoms with Crippen molar-refractivity contribution in [1.29, 1.82) is 0 Å². The molecule has 0 unspecified atom stereocenters. The summed E-state index contributed by atoms with van der Waals surface area (Å²) >= 11 is 0. The van der Waals surface area contributed by atoms with Crippen LogP contribution in [-0.4, -0.2) is 13.1 Å². The van der Waals surface area contributed by atoms with E-state index in [2.05, 4.69) is 47.5 Å². The van der Waals surface area contributed by atoms with Crippen LogP contribution in [0.15, 0.2) is 41.0 Å². The van der Waals surface area contributed by atoms with Crippen molar-refractivity contribution in [3.63, 3.8) is 0 Å². The van der Waals surface area contributed by atoms with E-state index in [1.165, 1.54) is 36.1 Å². The maximum absolute atomic E-state index is 5.74. The van der Waals surface area contributed by atoms with Crippen LogP contribution in [0.5, 0.6) is 0 Å². The van der Waals surface area contributed by atoms with Crippen LogP contribution >= 0.6 is 0 Å². The molecule has 0 radical (unpaired) electrons. The molecule has 0 fully saturated rings. The van der Waals surface area contributed by atoms with Gasteiger partial charge in [0.2, 0.25) is 0 Å². The second kappa shape index (κ2) is 6.81. The fourth-order valence-electron chi connectivity index (χ4n) is 2.99. The first-order chi connectivity index (χ1) is 10.4. The molecule has 1 aromatic carbocycles. The lowest BCUT2D eigenvalue weighted by Gasteiger charge is -2.23. The summed E-state index contributed by atoms with van der Waals surface area (Å²) in [6.07, 6.45) is 5.59. The summed E-state index contributed by atoms with van der Waals surface area (Å²) in [5.41, 5.74) is 4.07. The van der Waals surface area contributed by atoms with Gasteiger partial charge in [-0.2, -0.15) is 0 Å². The van der Waals surface area contributed by atoms with Gasteiger partial charge in [0.1, 0.15) is 5.76 Å². The molecule has 0 saturated carbocycles. The van der Waals surface area contributed by atoms with Crippen LogP contribution in [0.2, 0.25) is 0 Å². The third kappa shape index (κ3) is 3.48. The average Bonchev–Trinajstić information content (AvgIpc) is 2.86. The third-order valence-electron chi connectivity index (χ3n) is 4.09. The topological polar surface area (TPSA) is 28.4 Å². The van der Waals surface area contributed by atoms with E-state index >= 15 is 0 Å². The maximum Gasteiger partial charge on any atom is 0.123 e. The fourth-order valence-corrected chi connectivity index (χ4v) is 2.99. The van der Waals surface area contributed by atoms with Crippen molar-refractivity contribution in [3.05, 3.63) is 53.5 Å². The molecule has 21 heavy (non-hydrogen) atoms. The number of rotatable bonds is 5. The highest BCUT2D eigenvalue weighted by atomic mass is 16.3. The molecule has 3 nitrogen and oxygen atoms in total. The van der Waals surface area contributed by atoms with Crippen molar-refractivity contribution >= 4 is 5.69 Å². The number of nitrogens with zero attached hydrogens (tertiary/aromatic N) is 1. The number of furan rings is 1. The standard InChI is InChI=1S/C18H24N2O/c1-2-19-12-15-11-17(21-14-15)13-20-10-6-5-8-16-7-3-4-9-18(16)20/h3-4,7,9,11,14,19H,2,5-6,8,10,12-13H2,1H3. The van der Waals surface area contributed by atoms with Crippen LogP contribution in [-0.2, 0) is 19.5 Å². The van der Waals surface area contributed by atoms with E-state index in [1.54, 1.807) is 0 Å². The summed E-state index contributed by atoms with van der Waals surface area (Å²) in [4.78, 5) is 2.46. The SMILES string of the molecule is CCNCc1coc(CN2CCCCc3ccccc32)c1. The second-order valence-electron chi connectivity index (χ2n) is 5.71. The van der Waals surface area contributed by atoms with Gasteiger partial charge in [-0.3, -0.25) is 0 Å². The molecule has 0 atom stereocenters. The van der Waals surface area contributed by atoms with E-state index in [4.69, 9.17) is 4.42 Å². The zero-order valence-corrected chi connectivity index (χ0v) is 12.8. The van der Waals surface area contributed by atoms with Gasteiger partial charge in [0, 0.05) is 24.3 Å². The Balaban J connectivity index is 1.73. The zero-order chi connectivity index (χ0) is 14.5. The molecule has 0 aliphatic carbocycles. The van der Waals surface area contributed by atoms with E-state index < -0.39 is 0 Å². The van der Waals surface area contributed by atoms with Gasteiger partial charge < -0.3 is 14.6 Å². The van der Waals surface area contributed by atoms with Crippen LogP contribution in [0.1, 0.15) is 36.7 Å². The number of aryl methyl sites for hydroxylation is 1. The highest BCUT2D eigenvalue weighted by molar-refractivity contribution is 5.54.